The van der Waals surface area contributed by atoms with E-state index in [0.29, 0.717) is 19.3 Å². The Hall–Kier alpha value is -7.84. The maximum atomic E-state index is 13.1. The Balaban J connectivity index is 1.10. The number of carbonyl (C=O) groups is 4. The van der Waals surface area contributed by atoms with E-state index in [1.54, 1.807) is 0 Å². The lowest BCUT2D eigenvalue weighted by Gasteiger charge is -2.32. The van der Waals surface area contributed by atoms with Gasteiger partial charge in [-0.3, -0.25) is 0 Å². The smallest absolute Gasteiger partial charge is 0.330 e. The molecule has 0 N–H and O–H groups in total. The van der Waals surface area contributed by atoms with E-state index in [2.05, 4.69) is 157 Å². The highest BCUT2D eigenvalue weighted by Crippen LogP contribution is 2.56. The molecule has 3 aliphatic carbocycles. The topological polar surface area (TPSA) is 105 Å². The summed E-state index contributed by atoms with van der Waals surface area (Å²) in [7, 11) is 0. The van der Waals surface area contributed by atoms with E-state index in [9.17, 15) is 19.2 Å². The Kier molecular flexibility index (Phi) is 12.8. The SMILES string of the molecule is C=CC(=O)OCCCC1(COC(=O)C=C)c2cc(-c3ccc4c(c3)C(C)(C)c3cc(CCOC(=O)C=C)ccc3-4)ccc2-c2ccc(-c3ccc4c(c3)C(C)(C)c3cc(C(C)OC(=O)C=C)ccc3-4)cc21. The summed E-state index contributed by atoms with van der Waals surface area (Å²) in [4.78, 5) is 49.1. The molecule has 358 valence electrons. The number of hydrogen-bond donors (Lipinski definition) is 0. The van der Waals surface area contributed by atoms with E-state index in [1.807, 2.05) is 13.0 Å². The molecule has 0 heterocycles. The van der Waals surface area contributed by atoms with Crippen LogP contribution in [0.4, 0.5) is 0 Å². The molecular formula is C63H58O8. The van der Waals surface area contributed by atoms with Crippen molar-refractivity contribution in [3.63, 3.8) is 0 Å². The van der Waals surface area contributed by atoms with Gasteiger partial charge in [0.05, 0.1) is 18.6 Å². The van der Waals surface area contributed by atoms with Crippen LogP contribution >= 0.6 is 0 Å². The van der Waals surface area contributed by atoms with Crippen molar-refractivity contribution in [1.29, 1.82) is 0 Å². The average Bonchev–Trinajstić information content (AvgIpc) is 3.88. The molecule has 0 amide bonds. The van der Waals surface area contributed by atoms with Gasteiger partial charge in [-0.25, -0.2) is 19.2 Å². The van der Waals surface area contributed by atoms with Gasteiger partial charge < -0.3 is 18.9 Å². The van der Waals surface area contributed by atoms with E-state index >= 15 is 0 Å². The minimum Gasteiger partial charge on any atom is -0.463 e. The molecule has 0 spiro atoms. The van der Waals surface area contributed by atoms with Gasteiger partial charge in [-0.2, -0.15) is 0 Å². The molecule has 9 rings (SSSR count). The standard InChI is InChI=1S/C63H58O8/c1-10-57(64)68-29-14-28-63(37-70-59(66)12-3)55-35-43(41-17-23-47-45-21-15-39(27-30-69-58(65)11-2)31-51(45)61(6,7)53(47)33-41)19-25-49(55)50-26-20-44(36-56(50)63)42-18-24-48-46-22-16-40(38(5)71-60(67)13-4)32-52(46)62(8,9)54(48)34-42/h10-13,15-26,31-36,38H,1-4,14,27-30,37H2,5-9H3. The van der Waals surface area contributed by atoms with Crippen LogP contribution in [-0.4, -0.2) is 43.7 Å². The van der Waals surface area contributed by atoms with Gasteiger partial charge in [0, 0.05) is 41.6 Å². The molecule has 0 aliphatic heterocycles. The van der Waals surface area contributed by atoms with Gasteiger partial charge in [-0.15, -0.1) is 0 Å². The largest absolute Gasteiger partial charge is 0.463 e. The Labute approximate surface area is 416 Å². The number of hydrogen-bond acceptors (Lipinski definition) is 8. The quantitative estimate of drug-likeness (QED) is 0.0385. The van der Waals surface area contributed by atoms with E-state index < -0.39 is 35.4 Å². The van der Waals surface area contributed by atoms with Gasteiger partial charge in [0.25, 0.3) is 0 Å². The predicted octanol–water partition coefficient (Wildman–Crippen LogP) is 13.2. The Morgan fingerprint density at radius 3 is 1.37 bits per heavy atom. The molecule has 0 aromatic heterocycles. The maximum absolute atomic E-state index is 13.1. The zero-order valence-corrected chi connectivity index (χ0v) is 41.1. The number of fused-ring (bicyclic) bond motifs is 9. The van der Waals surface area contributed by atoms with Crippen LogP contribution in [-0.2, 0) is 60.8 Å². The average molecular weight is 943 g/mol. The lowest BCUT2D eigenvalue weighted by molar-refractivity contribution is -0.142. The number of benzene rings is 6. The molecule has 0 radical (unpaired) electrons. The molecule has 2 atom stereocenters. The fourth-order valence-corrected chi connectivity index (χ4v) is 11.1. The van der Waals surface area contributed by atoms with Crippen molar-refractivity contribution in [2.45, 2.75) is 76.2 Å². The first-order valence-electron chi connectivity index (χ1n) is 24.1. The third kappa shape index (κ3) is 8.56. The first-order chi connectivity index (χ1) is 34.0. The molecular weight excluding hydrogens is 885 g/mol. The van der Waals surface area contributed by atoms with E-state index in [0.717, 1.165) is 78.4 Å². The Morgan fingerprint density at radius 1 is 0.479 bits per heavy atom. The summed E-state index contributed by atoms with van der Waals surface area (Å²) in [5.41, 5.74) is 18.2. The lowest BCUT2D eigenvalue weighted by Crippen LogP contribution is -2.33. The second-order valence-corrected chi connectivity index (χ2v) is 19.8. The molecule has 0 saturated heterocycles. The second kappa shape index (κ2) is 18.8. The van der Waals surface area contributed by atoms with Gasteiger partial charge in [0.15, 0.2) is 0 Å². The minimum absolute atomic E-state index is 0.0389. The summed E-state index contributed by atoms with van der Waals surface area (Å²) in [6, 6.07) is 39.3. The van der Waals surface area contributed by atoms with Gasteiger partial charge in [-0.1, -0.05) is 139 Å². The van der Waals surface area contributed by atoms with Crippen LogP contribution in [0, 0.1) is 0 Å². The highest BCUT2D eigenvalue weighted by Gasteiger charge is 2.45. The van der Waals surface area contributed by atoms with E-state index in [4.69, 9.17) is 18.9 Å². The van der Waals surface area contributed by atoms with Crippen LogP contribution < -0.4 is 0 Å². The van der Waals surface area contributed by atoms with Crippen LogP contribution in [0.25, 0.3) is 55.6 Å². The van der Waals surface area contributed by atoms with Gasteiger partial charge in [-0.05, 0) is 144 Å². The van der Waals surface area contributed by atoms with Crippen molar-refractivity contribution in [3.8, 4) is 55.6 Å². The highest BCUT2D eigenvalue weighted by atomic mass is 16.5. The molecule has 2 unspecified atom stereocenters. The van der Waals surface area contributed by atoms with Crippen molar-refractivity contribution < 1.29 is 38.1 Å². The summed E-state index contributed by atoms with van der Waals surface area (Å²) in [6.07, 6.45) is 5.88. The monoisotopic (exact) mass is 942 g/mol. The van der Waals surface area contributed by atoms with Gasteiger partial charge in [0.2, 0.25) is 0 Å². The highest BCUT2D eigenvalue weighted by molar-refractivity contribution is 5.90. The Bertz CT molecular complexity index is 3240. The van der Waals surface area contributed by atoms with Gasteiger partial charge in [0.1, 0.15) is 12.7 Å². The molecule has 0 saturated carbocycles. The summed E-state index contributed by atoms with van der Waals surface area (Å²) in [5, 5.41) is 0. The van der Waals surface area contributed by atoms with Crippen LogP contribution in [0.2, 0.25) is 0 Å². The lowest BCUT2D eigenvalue weighted by atomic mass is 9.74. The van der Waals surface area contributed by atoms with Crippen molar-refractivity contribution >= 4 is 23.9 Å². The molecule has 6 aromatic carbocycles. The minimum atomic E-state index is -0.826. The fraction of sp³-hybridized carbons (Fsp3) is 0.238. The van der Waals surface area contributed by atoms with E-state index in [1.165, 1.54) is 46.0 Å². The fourth-order valence-electron chi connectivity index (χ4n) is 11.1. The maximum Gasteiger partial charge on any atom is 0.330 e. The summed E-state index contributed by atoms with van der Waals surface area (Å²) >= 11 is 0. The number of rotatable bonds is 17. The summed E-state index contributed by atoms with van der Waals surface area (Å²) < 4.78 is 22.5. The van der Waals surface area contributed by atoms with Crippen LogP contribution in [0.3, 0.4) is 0 Å². The number of carbonyl (C=O) groups excluding carboxylic acids is 4. The zero-order chi connectivity index (χ0) is 50.4. The van der Waals surface area contributed by atoms with E-state index in [-0.39, 0.29) is 30.7 Å². The van der Waals surface area contributed by atoms with Crippen molar-refractivity contribution in [2.75, 3.05) is 19.8 Å². The molecule has 8 nitrogen and oxygen atoms in total. The molecule has 3 aliphatic rings. The zero-order valence-electron chi connectivity index (χ0n) is 41.1. The molecule has 71 heavy (non-hydrogen) atoms. The molecule has 0 bridgehead atoms. The second-order valence-electron chi connectivity index (χ2n) is 19.8. The van der Waals surface area contributed by atoms with Crippen molar-refractivity contribution in [2.24, 2.45) is 0 Å². The molecule has 8 heteroatoms. The normalized spacial score (nSPS) is 16.1. The van der Waals surface area contributed by atoms with Crippen LogP contribution in [0.5, 0.6) is 0 Å². The third-order valence-electron chi connectivity index (χ3n) is 15.0. The first-order valence-corrected chi connectivity index (χ1v) is 24.1. The van der Waals surface area contributed by atoms with Gasteiger partial charge >= 0.3 is 23.9 Å². The first kappa shape index (κ1) is 48.2. The molecule has 0 fully saturated rings. The Morgan fingerprint density at radius 2 is 0.873 bits per heavy atom. The summed E-state index contributed by atoms with van der Waals surface area (Å²) in [6.45, 7) is 25.6. The van der Waals surface area contributed by atoms with Crippen LogP contribution in [0.1, 0.15) is 98.1 Å². The molecule has 6 aromatic rings. The predicted molar refractivity (Wildman–Crippen MR) is 280 cm³/mol. The van der Waals surface area contributed by atoms with Crippen molar-refractivity contribution in [1.82, 2.24) is 0 Å². The third-order valence-corrected chi connectivity index (χ3v) is 15.0. The summed E-state index contributed by atoms with van der Waals surface area (Å²) in [5.74, 6) is -1.91. The number of ether oxygens (including phenoxy) is 4. The number of esters is 4. The van der Waals surface area contributed by atoms with Crippen LogP contribution in [0.15, 0.2) is 160 Å². The van der Waals surface area contributed by atoms with Crippen molar-refractivity contribution in [3.05, 3.63) is 204 Å².